The number of amides is 2. The molecule has 152 valence electrons. The van der Waals surface area contributed by atoms with Crippen LogP contribution in [0.3, 0.4) is 0 Å². The molecule has 3 heterocycles. The molecule has 1 atom stereocenters. The number of carbonyl (C=O) groups is 2. The van der Waals surface area contributed by atoms with Crippen LogP contribution in [0.1, 0.15) is 51.2 Å². The fraction of sp³-hybridized carbons (Fsp3) is 0.636. The number of fused-ring (bicyclic) bond motifs is 1. The van der Waals surface area contributed by atoms with Gasteiger partial charge < -0.3 is 19.9 Å². The lowest BCUT2D eigenvalue weighted by molar-refractivity contribution is -0.124. The molecule has 28 heavy (non-hydrogen) atoms. The van der Waals surface area contributed by atoms with Crippen molar-refractivity contribution in [3.05, 3.63) is 29.8 Å². The van der Waals surface area contributed by atoms with Gasteiger partial charge in [-0.05, 0) is 70.5 Å². The van der Waals surface area contributed by atoms with Crippen LogP contribution in [0.15, 0.2) is 24.3 Å². The zero-order valence-corrected chi connectivity index (χ0v) is 16.9. The summed E-state index contributed by atoms with van der Waals surface area (Å²) < 4.78 is 5.58. The Kier molecular flexibility index (Phi) is 5.58. The molecule has 0 aromatic heterocycles. The Morgan fingerprint density at radius 3 is 2.29 bits per heavy atom. The number of carbonyl (C=O) groups excluding carboxylic acids is 2. The van der Waals surface area contributed by atoms with E-state index in [0.29, 0.717) is 12.0 Å². The minimum absolute atomic E-state index is 0.263. The fourth-order valence-electron chi connectivity index (χ4n) is 4.93. The number of hydrogen-bond acceptors (Lipinski definition) is 4. The summed E-state index contributed by atoms with van der Waals surface area (Å²) in [5.41, 5.74) is 1.48. The second-order valence-corrected chi connectivity index (χ2v) is 8.63. The molecule has 0 bridgehead atoms. The Labute approximate surface area is 167 Å². The Bertz CT molecular complexity index is 719. The molecule has 1 aromatic carbocycles. The number of nitrogens with one attached hydrogen (secondary N) is 1. The number of para-hydroxylation sites is 1. The van der Waals surface area contributed by atoms with Crippen LogP contribution in [-0.2, 0) is 9.53 Å². The predicted molar refractivity (Wildman–Crippen MR) is 108 cm³/mol. The van der Waals surface area contributed by atoms with E-state index >= 15 is 0 Å². The number of hydrogen-bond donors (Lipinski definition) is 1. The second-order valence-electron chi connectivity index (χ2n) is 8.63. The highest BCUT2D eigenvalue weighted by Crippen LogP contribution is 2.35. The van der Waals surface area contributed by atoms with Gasteiger partial charge in [0.25, 0.3) is 5.91 Å². The minimum Gasteiger partial charge on any atom is -0.431 e. The predicted octanol–water partition coefficient (Wildman–Crippen LogP) is 3.65. The monoisotopic (exact) mass is 385 g/mol. The van der Waals surface area contributed by atoms with Gasteiger partial charge in [0.05, 0.1) is 0 Å². The first-order chi connectivity index (χ1) is 13.5. The summed E-state index contributed by atoms with van der Waals surface area (Å²) in [6.45, 7) is 8.39. The van der Waals surface area contributed by atoms with E-state index in [1.165, 1.54) is 25.9 Å². The van der Waals surface area contributed by atoms with Gasteiger partial charge in [-0.2, -0.15) is 0 Å². The van der Waals surface area contributed by atoms with E-state index in [4.69, 9.17) is 4.74 Å². The lowest BCUT2D eigenvalue weighted by atomic mass is 9.78. The molecule has 0 spiro atoms. The quantitative estimate of drug-likeness (QED) is 0.863. The number of likely N-dealkylation sites (tertiary alicyclic amines) is 2. The molecule has 1 unspecified atom stereocenters. The van der Waals surface area contributed by atoms with Crippen LogP contribution in [0, 0.1) is 11.8 Å². The van der Waals surface area contributed by atoms with Crippen LogP contribution in [0.5, 0.6) is 0 Å². The Balaban J connectivity index is 1.27. The number of rotatable bonds is 3. The van der Waals surface area contributed by atoms with Crippen molar-refractivity contribution in [3.8, 4) is 0 Å². The van der Waals surface area contributed by atoms with Gasteiger partial charge in [0.1, 0.15) is 0 Å². The highest BCUT2D eigenvalue weighted by molar-refractivity contribution is 6.02. The zero-order valence-electron chi connectivity index (χ0n) is 16.9. The molecule has 4 rings (SSSR count). The summed E-state index contributed by atoms with van der Waals surface area (Å²) in [4.78, 5) is 29.1. The molecule has 6 heteroatoms. The molecule has 0 radical (unpaired) electrons. The summed E-state index contributed by atoms with van der Waals surface area (Å²) in [5, 5.41) is 2.78. The summed E-state index contributed by atoms with van der Waals surface area (Å²) >= 11 is 0. The first-order valence-electron chi connectivity index (χ1n) is 10.6. The smallest absolute Gasteiger partial charge is 0.410 e. The maximum absolute atomic E-state index is 12.6. The summed E-state index contributed by atoms with van der Waals surface area (Å²) in [7, 11) is 0. The lowest BCUT2D eigenvalue weighted by Gasteiger charge is -2.41. The van der Waals surface area contributed by atoms with Crippen LogP contribution in [0.2, 0.25) is 0 Å². The molecule has 3 aliphatic heterocycles. The van der Waals surface area contributed by atoms with Gasteiger partial charge in [-0.1, -0.05) is 18.2 Å². The first kappa shape index (κ1) is 19.2. The zero-order chi connectivity index (χ0) is 19.7. The molecule has 2 fully saturated rings. The summed E-state index contributed by atoms with van der Waals surface area (Å²) in [5.74, 6) is 1.22. The number of ether oxygens (including phenoxy) is 1. The van der Waals surface area contributed by atoms with Gasteiger partial charge >= 0.3 is 6.09 Å². The third-order valence-electron chi connectivity index (χ3n) is 6.73. The molecule has 1 aromatic rings. The molecule has 2 saturated heterocycles. The summed E-state index contributed by atoms with van der Waals surface area (Å²) in [6, 6.07) is 8.02. The third kappa shape index (κ3) is 3.88. The SMILES string of the molecule is CC(C)N1CCC(C2CCN(C(=O)OC3C(=O)Nc4ccccc43)CC2)CC1. The average molecular weight is 386 g/mol. The molecule has 0 saturated carbocycles. The van der Waals surface area contributed by atoms with E-state index in [9.17, 15) is 9.59 Å². The van der Waals surface area contributed by atoms with Crippen molar-refractivity contribution >= 4 is 17.7 Å². The van der Waals surface area contributed by atoms with E-state index < -0.39 is 6.10 Å². The van der Waals surface area contributed by atoms with Crippen LogP contribution in [-0.4, -0.2) is 54.0 Å². The third-order valence-corrected chi connectivity index (χ3v) is 6.73. The first-order valence-corrected chi connectivity index (χ1v) is 10.6. The number of anilines is 1. The Morgan fingerprint density at radius 1 is 1.04 bits per heavy atom. The fourth-order valence-corrected chi connectivity index (χ4v) is 4.93. The normalized spacial score (nSPS) is 24.3. The molecule has 1 N–H and O–H groups in total. The van der Waals surface area contributed by atoms with Crippen LogP contribution in [0.25, 0.3) is 0 Å². The van der Waals surface area contributed by atoms with E-state index in [1.807, 2.05) is 24.3 Å². The standard InChI is InChI=1S/C22H31N3O3/c1-15(2)24-11-7-16(8-12-24)17-9-13-25(14-10-17)22(27)28-20-18-5-3-4-6-19(18)23-21(20)26/h3-6,15-17,20H,7-14H2,1-2H3,(H,23,26). The largest absolute Gasteiger partial charge is 0.431 e. The van der Waals surface area contributed by atoms with Crippen molar-refractivity contribution < 1.29 is 14.3 Å². The van der Waals surface area contributed by atoms with Crippen LogP contribution < -0.4 is 5.32 Å². The highest BCUT2D eigenvalue weighted by atomic mass is 16.6. The molecule has 6 nitrogen and oxygen atoms in total. The van der Waals surface area contributed by atoms with Gasteiger partial charge in [0.2, 0.25) is 6.10 Å². The van der Waals surface area contributed by atoms with Gasteiger partial charge in [-0.15, -0.1) is 0 Å². The maximum atomic E-state index is 12.6. The van der Waals surface area contributed by atoms with Gasteiger partial charge in [0, 0.05) is 30.4 Å². The highest BCUT2D eigenvalue weighted by Gasteiger charge is 2.36. The van der Waals surface area contributed by atoms with Crippen molar-refractivity contribution in [2.75, 3.05) is 31.5 Å². The van der Waals surface area contributed by atoms with E-state index in [1.54, 1.807) is 4.90 Å². The molecule has 2 amide bonds. The van der Waals surface area contributed by atoms with Crippen LogP contribution >= 0.6 is 0 Å². The van der Waals surface area contributed by atoms with Crippen molar-refractivity contribution in [2.45, 2.75) is 51.7 Å². The number of benzene rings is 1. The second kappa shape index (κ2) is 8.11. The van der Waals surface area contributed by atoms with E-state index in [-0.39, 0.29) is 12.0 Å². The summed E-state index contributed by atoms with van der Waals surface area (Å²) in [6.07, 6.45) is 3.41. The molecule has 0 aliphatic carbocycles. The van der Waals surface area contributed by atoms with Gasteiger partial charge in [0.15, 0.2) is 0 Å². The topological polar surface area (TPSA) is 61.9 Å². The van der Waals surface area contributed by atoms with E-state index in [2.05, 4.69) is 24.1 Å². The number of piperidine rings is 2. The van der Waals surface area contributed by atoms with E-state index in [0.717, 1.165) is 43.1 Å². The number of nitrogens with zero attached hydrogens (tertiary/aromatic N) is 2. The minimum atomic E-state index is -0.832. The van der Waals surface area contributed by atoms with Crippen molar-refractivity contribution in [1.82, 2.24) is 9.80 Å². The van der Waals surface area contributed by atoms with Crippen molar-refractivity contribution in [3.63, 3.8) is 0 Å². The van der Waals surface area contributed by atoms with Gasteiger partial charge in [-0.3, -0.25) is 4.79 Å². The molecule has 3 aliphatic rings. The average Bonchev–Trinajstić information content (AvgIpc) is 3.03. The van der Waals surface area contributed by atoms with Crippen molar-refractivity contribution in [1.29, 1.82) is 0 Å². The Morgan fingerprint density at radius 2 is 1.64 bits per heavy atom. The molecular formula is C22H31N3O3. The van der Waals surface area contributed by atoms with Crippen molar-refractivity contribution in [2.24, 2.45) is 11.8 Å². The van der Waals surface area contributed by atoms with Gasteiger partial charge in [-0.25, -0.2) is 4.79 Å². The maximum Gasteiger partial charge on any atom is 0.410 e. The molecular weight excluding hydrogens is 354 g/mol. The van der Waals surface area contributed by atoms with Crippen LogP contribution in [0.4, 0.5) is 10.5 Å². The Hall–Kier alpha value is -2.08. The lowest BCUT2D eigenvalue weighted by Crippen LogP contribution is -2.44.